The predicted octanol–water partition coefficient (Wildman–Crippen LogP) is 1.90. The summed E-state index contributed by atoms with van der Waals surface area (Å²) in [5, 5.41) is 0.285. The molecule has 1 amide bonds. The van der Waals surface area contributed by atoms with Gasteiger partial charge in [0.1, 0.15) is 5.15 Å². The SMILES string of the molecule is CCN1CCN(C(=O)c2cccnc2Cl)CC1C. The summed E-state index contributed by atoms with van der Waals surface area (Å²) in [7, 11) is 0. The van der Waals surface area contributed by atoms with Gasteiger partial charge >= 0.3 is 0 Å². The number of amides is 1. The Bertz CT molecular complexity index is 438. The molecule has 0 radical (unpaired) electrons. The standard InChI is InChI=1S/C13H18ClN3O/c1-3-16-7-8-17(9-10(16)2)13(18)11-5-4-6-15-12(11)14/h4-6,10H,3,7-9H2,1-2H3. The highest BCUT2D eigenvalue weighted by Crippen LogP contribution is 2.17. The predicted molar refractivity (Wildman–Crippen MR) is 71.9 cm³/mol. The smallest absolute Gasteiger partial charge is 0.257 e. The molecule has 1 aliphatic rings. The minimum absolute atomic E-state index is 0.0179. The van der Waals surface area contributed by atoms with Gasteiger partial charge in [0.15, 0.2) is 0 Å². The average molecular weight is 268 g/mol. The first kappa shape index (κ1) is 13.3. The van der Waals surface area contributed by atoms with Gasteiger partial charge in [0.2, 0.25) is 0 Å². The van der Waals surface area contributed by atoms with Crippen LogP contribution in [0.25, 0.3) is 0 Å². The monoisotopic (exact) mass is 267 g/mol. The van der Waals surface area contributed by atoms with Crippen molar-refractivity contribution in [2.75, 3.05) is 26.2 Å². The number of carbonyl (C=O) groups excluding carboxylic acids is 1. The van der Waals surface area contributed by atoms with Crippen LogP contribution in [0.2, 0.25) is 5.15 Å². The van der Waals surface area contributed by atoms with Crippen molar-refractivity contribution in [3.63, 3.8) is 0 Å². The molecule has 4 nitrogen and oxygen atoms in total. The van der Waals surface area contributed by atoms with Crippen LogP contribution < -0.4 is 0 Å². The summed E-state index contributed by atoms with van der Waals surface area (Å²) in [6.45, 7) is 7.73. The third-order valence-corrected chi connectivity index (χ3v) is 3.75. The fourth-order valence-electron chi connectivity index (χ4n) is 2.37. The normalized spacial score (nSPS) is 21.1. The molecule has 2 rings (SSSR count). The lowest BCUT2D eigenvalue weighted by Crippen LogP contribution is -2.53. The number of aromatic nitrogens is 1. The van der Waals surface area contributed by atoms with E-state index in [4.69, 9.17) is 11.6 Å². The summed E-state index contributed by atoms with van der Waals surface area (Å²) in [6, 6.07) is 3.86. The molecule has 1 aliphatic heterocycles. The number of piperazine rings is 1. The van der Waals surface area contributed by atoms with E-state index in [1.165, 1.54) is 0 Å². The first-order valence-corrected chi connectivity index (χ1v) is 6.65. The molecular formula is C13H18ClN3O. The molecule has 0 aromatic carbocycles. The Morgan fingerprint density at radius 2 is 2.33 bits per heavy atom. The van der Waals surface area contributed by atoms with Crippen LogP contribution in [0.4, 0.5) is 0 Å². The lowest BCUT2D eigenvalue weighted by Gasteiger charge is -2.39. The molecule has 0 spiro atoms. The number of likely N-dealkylation sites (N-methyl/N-ethyl adjacent to an activating group) is 1. The zero-order valence-corrected chi connectivity index (χ0v) is 11.5. The van der Waals surface area contributed by atoms with E-state index < -0.39 is 0 Å². The zero-order chi connectivity index (χ0) is 13.1. The molecule has 0 aliphatic carbocycles. The molecule has 0 bridgehead atoms. The third-order valence-electron chi connectivity index (χ3n) is 3.45. The van der Waals surface area contributed by atoms with E-state index in [0.717, 1.165) is 26.2 Å². The summed E-state index contributed by atoms with van der Waals surface area (Å²) in [5.74, 6) is -0.0179. The van der Waals surface area contributed by atoms with Crippen molar-refractivity contribution in [2.24, 2.45) is 0 Å². The third kappa shape index (κ3) is 2.65. The molecule has 1 aromatic rings. The molecule has 5 heteroatoms. The Morgan fingerprint density at radius 3 is 2.94 bits per heavy atom. The second kappa shape index (κ2) is 5.67. The van der Waals surface area contributed by atoms with Crippen LogP contribution in [0.1, 0.15) is 24.2 Å². The fourth-order valence-corrected chi connectivity index (χ4v) is 2.57. The van der Waals surface area contributed by atoms with E-state index in [0.29, 0.717) is 11.6 Å². The number of halogens is 1. The Morgan fingerprint density at radius 1 is 1.56 bits per heavy atom. The van der Waals surface area contributed by atoms with Gasteiger partial charge in [0, 0.05) is 31.9 Å². The molecule has 1 unspecified atom stereocenters. The van der Waals surface area contributed by atoms with Gasteiger partial charge in [-0.05, 0) is 25.6 Å². The van der Waals surface area contributed by atoms with Crippen molar-refractivity contribution in [1.82, 2.24) is 14.8 Å². The quantitative estimate of drug-likeness (QED) is 0.768. The molecule has 18 heavy (non-hydrogen) atoms. The van der Waals surface area contributed by atoms with Gasteiger partial charge in [0.25, 0.3) is 5.91 Å². The summed E-state index contributed by atoms with van der Waals surface area (Å²) >= 11 is 5.96. The molecule has 1 saturated heterocycles. The van der Waals surface area contributed by atoms with Crippen LogP contribution in [-0.4, -0.2) is 52.9 Å². The van der Waals surface area contributed by atoms with E-state index in [1.807, 2.05) is 4.90 Å². The van der Waals surface area contributed by atoms with Gasteiger partial charge in [-0.3, -0.25) is 9.69 Å². The summed E-state index contributed by atoms with van der Waals surface area (Å²) in [4.78, 5) is 20.5. The zero-order valence-electron chi connectivity index (χ0n) is 10.8. The second-order valence-corrected chi connectivity index (χ2v) is 4.93. The number of carbonyl (C=O) groups is 1. The maximum atomic E-state index is 12.3. The number of nitrogens with zero attached hydrogens (tertiary/aromatic N) is 3. The van der Waals surface area contributed by atoms with Gasteiger partial charge in [0.05, 0.1) is 5.56 Å². The number of pyridine rings is 1. The van der Waals surface area contributed by atoms with Crippen molar-refractivity contribution < 1.29 is 4.79 Å². The molecular weight excluding hydrogens is 250 g/mol. The van der Waals surface area contributed by atoms with Gasteiger partial charge in [-0.25, -0.2) is 4.98 Å². The van der Waals surface area contributed by atoms with E-state index >= 15 is 0 Å². The Balaban J connectivity index is 2.10. The molecule has 0 N–H and O–H groups in total. The maximum absolute atomic E-state index is 12.3. The Hall–Kier alpha value is -1.13. The van der Waals surface area contributed by atoms with Crippen LogP contribution in [0.3, 0.4) is 0 Å². The minimum atomic E-state index is -0.0179. The van der Waals surface area contributed by atoms with Gasteiger partial charge in [-0.15, -0.1) is 0 Å². The van der Waals surface area contributed by atoms with Crippen molar-refractivity contribution in [1.29, 1.82) is 0 Å². The summed E-state index contributed by atoms with van der Waals surface area (Å²) in [6.07, 6.45) is 1.59. The first-order chi connectivity index (χ1) is 8.63. The van der Waals surface area contributed by atoms with E-state index in [-0.39, 0.29) is 11.1 Å². The molecule has 1 atom stereocenters. The molecule has 98 valence electrons. The van der Waals surface area contributed by atoms with E-state index in [9.17, 15) is 4.79 Å². The number of rotatable bonds is 2. The van der Waals surface area contributed by atoms with Crippen molar-refractivity contribution in [3.05, 3.63) is 29.0 Å². The summed E-state index contributed by atoms with van der Waals surface area (Å²) < 4.78 is 0. The highest BCUT2D eigenvalue weighted by Gasteiger charge is 2.27. The molecule has 0 saturated carbocycles. The van der Waals surface area contributed by atoms with Crippen LogP contribution in [0, 0.1) is 0 Å². The molecule has 1 fully saturated rings. The Kier molecular flexibility index (Phi) is 4.19. The largest absolute Gasteiger partial charge is 0.336 e. The topological polar surface area (TPSA) is 36.4 Å². The number of hydrogen-bond donors (Lipinski definition) is 0. The van der Waals surface area contributed by atoms with E-state index in [1.54, 1.807) is 18.3 Å². The van der Waals surface area contributed by atoms with Crippen LogP contribution >= 0.6 is 11.6 Å². The second-order valence-electron chi connectivity index (χ2n) is 4.57. The van der Waals surface area contributed by atoms with Crippen molar-refractivity contribution in [2.45, 2.75) is 19.9 Å². The fraction of sp³-hybridized carbons (Fsp3) is 0.538. The van der Waals surface area contributed by atoms with E-state index in [2.05, 4.69) is 23.7 Å². The Labute approximate surface area is 113 Å². The molecule has 1 aromatic heterocycles. The lowest BCUT2D eigenvalue weighted by molar-refractivity contribution is 0.0528. The van der Waals surface area contributed by atoms with Gasteiger partial charge in [-0.1, -0.05) is 18.5 Å². The molecule has 2 heterocycles. The average Bonchev–Trinajstić information content (AvgIpc) is 2.38. The highest BCUT2D eigenvalue weighted by molar-refractivity contribution is 6.32. The van der Waals surface area contributed by atoms with Gasteiger partial charge < -0.3 is 4.90 Å². The number of hydrogen-bond acceptors (Lipinski definition) is 3. The maximum Gasteiger partial charge on any atom is 0.257 e. The lowest BCUT2D eigenvalue weighted by atomic mass is 10.1. The van der Waals surface area contributed by atoms with Crippen molar-refractivity contribution >= 4 is 17.5 Å². The highest BCUT2D eigenvalue weighted by atomic mass is 35.5. The van der Waals surface area contributed by atoms with Crippen molar-refractivity contribution in [3.8, 4) is 0 Å². The van der Waals surface area contributed by atoms with Crippen LogP contribution in [-0.2, 0) is 0 Å². The summed E-state index contributed by atoms with van der Waals surface area (Å²) in [5.41, 5.74) is 0.497. The van der Waals surface area contributed by atoms with Gasteiger partial charge in [-0.2, -0.15) is 0 Å². The van der Waals surface area contributed by atoms with Crippen LogP contribution in [0.5, 0.6) is 0 Å². The first-order valence-electron chi connectivity index (χ1n) is 6.27. The van der Waals surface area contributed by atoms with Crippen LogP contribution in [0.15, 0.2) is 18.3 Å². The minimum Gasteiger partial charge on any atom is -0.336 e.